The Morgan fingerprint density at radius 3 is 2.79 bits per heavy atom. The first-order chi connectivity index (χ1) is 11.5. The molecule has 1 saturated carbocycles. The molecule has 1 aromatic heterocycles. The highest BCUT2D eigenvalue weighted by atomic mass is 19.1. The Morgan fingerprint density at radius 2 is 2.04 bits per heavy atom. The number of carbonyl (C=O) groups is 1. The highest BCUT2D eigenvalue weighted by Gasteiger charge is 2.50. The average Bonchev–Trinajstić information content (AvgIpc) is 2.57. The Hall–Kier alpha value is -2.29. The molecule has 1 amide bonds. The summed E-state index contributed by atoms with van der Waals surface area (Å²) in [5.74, 6) is -1.13. The zero-order valence-corrected chi connectivity index (χ0v) is 12.5. The quantitative estimate of drug-likeness (QED) is 0.696. The number of nitrogens with one attached hydrogen (secondary N) is 1. The number of hydroxylamine groups is 2. The van der Waals surface area contributed by atoms with Crippen LogP contribution in [0.25, 0.3) is 10.9 Å². The Bertz CT molecular complexity index is 880. The lowest BCUT2D eigenvalue weighted by Crippen LogP contribution is -2.65. The molecule has 2 saturated heterocycles. The fourth-order valence-electron chi connectivity index (χ4n) is 3.45. The van der Waals surface area contributed by atoms with E-state index in [-0.39, 0.29) is 11.1 Å². The summed E-state index contributed by atoms with van der Waals surface area (Å²) < 4.78 is 13.4. The number of nitrogens with zero attached hydrogens (tertiary/aromatic N) is 1. The summed E-state index contributed by atoms with van der Waals surface area (Å²) in [6.07, 6.45) is -1.79. The third-order valence-electron chi connectivity index (χ3n) is 4.66. The molecule has 7 nitrogen and oxygen atoms in total. The number of aromatic amines is 1. The average molecular weight is 334 g/mol. The first kappa shape index (κ1) is 15.3. The van der Waals surface area contributed by atoms with E-state index >= 15 is 0 Å². The van der Waals surface area contributed by atoms with E-state index in [1.807, 2.05) is 0 Å². The normalized spacial score (nSPS) is 29.2. The molecule has 1 aliphatic carbocycles. The molecule has 3 N–H and O–H groups in total. The van der Waals surface area contributed by atoms with E-state index in [1.165, 1.54) is 12.1 Å². The number of benzene rings is 1. The number of aromatic nitrogens is 1. The summed E-state index contributed by atoms with van der Waals surface area (Å²) >= 11 is 0. The van der Waals surface area contributed by atoms with E-state index in [0.717, 1.165) is 17.2 Å². The molecule has 0 unspecified atom stereocenters. The minimum Gasteiger partial charge on any atom is -0.388 e. The molecule has 2 bridgehead atoms. The van der Waals surface area contributed by atoms with Gasteiger partial charge in [0.25, 0.3) is 5.91 Å². The second kappa shape index (κ2) is 5.37. The van der Waals surface area contributed by atoms with E-state index in [9.17, 15) is 24.2 Å². The van der Waals surface area contributed by atoms with Crippen molar-refractivity contribution in [2.24, 2.45) is 0 Å². The number of carbonyl (C=O) groups excluding carboxylic acids is 1. The van der Waals surface area contributed by atoms with Gasteiger partial charge in [-0.15, -0.1) is 0 Å². The number of pyridine rings is 1. The van der Waals surface area contributed by atoms with Gasteiger partial charge in [-0.3, -0.25) is 14.4 Å². The topological polar surface area (TPSA) is 103 Å². The van der Waals surface area contributed by atoms with Gasteiger partial charge in [-0.2, -0.15) is 0 Å². The summed E-state index contributed by atoms with van der Waals surface area (Å²) in [5, 5.41) is 21.4. The number of hydrogen-bond donors (Lipinski definition) is 3. The molecule has 2 aliphatic heterocycles. The van der Waals surface area contributed by atoms with Crippen LogP contribution in [0.1, 0.15) is 23.2 Å². The summed E-state index contributed by atoms with van der Waals surface area (Å²) in [6.45, 7) is 0. The molecular weight excluding hydrogens is 319 g/mol. The SMILES string of the molecule is O=C(c1cc(=O)[nH]c2cc(F)ccc12)N1O[C@@H]2CC[C@H]1[C@@H](O)[C@H]2O. The molecule has 8 heteroatoms. The zero-order chi connectivity index (χ0) is 17.0. The molecule has 0 spiro atoms. The predicted molar refractivity (Wildman–Crippen MR) is 80.6 cm³/mol. The number of fused-ring (bicyclic) bond motifs is 4. The van der Waals surface area contributed by atoms with Crippen LogP contribution in [0.15, 0.2) is 29.1 Å². The lowest BCUT2D eigenvalue weighted by Gasteiger charge is -2.49. The maximum atomic E-state index is 13.4. The van der Waals surface area contributed by atoms with Crippen molar-refractivity contribution < 1.29 is 24.2 Å². The van der Waals surface area contributed by atoms with E-state index < -0.39 is 41.6 Å². The number of aliphatic hydroxyl groups is 2. The maximum absolute atomic E-state index is 13.4. The lowest BCUT2D eigenvalue weighted by atomic mass is 9.85. The largest absolute Gasteiger partial charge is 0.388 e. The van der Waals surface area contributed by atoms with Gasteiger partial charge >= 0.3 is 0 Å². The van der Waals surface area contributed by atoms with Crippen LogP contribution in [0.5, 0.6) is 0 Å². The van der Waals surface area contributed by atoms with Crippen LogP contribution in [0.4, 0.5) is 4.39 Å². The third kappa shape index (κ3) is 2.22. The number of hydrogen-bond acceptors (Lipinski definition) is 5. The van der Waals surface area contributed by atoms with Crippen molar-refractivity contribution in [1.29, 1.82) is 0 Å². The smallest absolute Gasteiger partial charge is 0.278 e. The van der Waals surface area contributed by atoms with Crippen molar-refractivity contribution in [2.45, 2.75) is 37.2 Å². The van der Waals surface area contributed by atoms with Crippen LogP contribution in [0.3, 0.4) is 0 Å². The summed E-state index contributed by atoms with van der Waals surface area (Å²) in [7, 11) is 0. The fraction of sp³-hybridized carbons (Fsp3) is 0.375. The van der Waals surface area contributed by atoms with Crippen LogP contribution in [-0.2, 0) is 4.84 Å². The molecule has 3 heterocycles. The van der Waals surface area contributed by atoms with Gasteiger partial charge in [0.15, 0.2) is 0 Å². The van der Waals surface area contributed by atoms with Gasteiger partial charge in [-0.1, -0.05) is 0 Å². The van der Waals surface area contributed by atoms with Crippen LogP contribution in [0, 0.1) is 5.82 Å². The van der Waals surface area contributed by atoms with Gasteiger partial charge in [0, 0.05) is 11.5 Å². The van der Waals surface area contributed by atoms with Crippen LogP contribution >= 0.6 is 0 Å². The molecule has 126 valence electrons. The molecule has 1 aromatic carbocycles. The molecule has 3 fully saturated rings. The fourth-order valence-corrected chi connectivity index (χ4v) is 3.45. The number of amides is 1. The maximum Gasteiger partial charge on any atom is 0.278 e. The molecule has 2 aromatic rings. The summed E-state index contributed by atoms with van der Waals surface area (Å²) in [4.78, 5) is 32.6. The van der Waals surface area contributed by atoms with E-state index in [4.69, 9.17) is 4.84 Å². The third-order valence-corrected chi connectivity index (χ3v) is 4.66. The molecule has 4 atom stereocenters. The standard InChI is InChI=1S/C16H15FN2O5/c17-7-1-2-8-9(6-13(20)18-10(8)5-7)16(23)19-11-3-4-12(24-19)15(22)14(11)21/h1-2,5-6,11-12,14-15,21-22H,3-4H2,(H,18,20)/t11-,12+,14+,15-/m0/s1. The Kier molecular flexibility index (Phi) is 3.41. The number of rotatable bonds is 1. The molecule has 24 heavy (non-hydrogen) atoms. The lowest BCUT2D eigenvalue weighted by molar-refractivity contribution is -0.306. The zero-order valence-electron chi connectivity index (χ0n) is 12.5. The van der Waals surface area contributed by atoms with E-state index in [0.29, 0.717) is 18.2 Å². The minimum atomic E-state index is -1.10. The van der Waals surface area contributed by atoms with Crippen LogP contribution in [0.2, 0.25) is 0 Å². The second-order valence-electron chi connectivity index (χ2n) is 6.14. The van der Waals surface area contributed by atoms with Gasteiger partial charge in [-0.25, -0.2) is 9.45 Å². The molecule has 5 rings (SSSR count). The number of halogens is 1. The number of aliphatic hydroxyl groups excluding tert-OH is 2. The summed E-state index contributed by atoms with van der Waals surface area (Å²) in [5.41, 5.74) is -0.282. The Labute approximate surface area is 135 Å². The van der Waals surface area contributed by atoms with Gasteiger partial charge in [0.1, 0.15) is 24.1 Å². The van der Waals surface area contributed by atoms with Crippen molar-refractivity contribution in [3.05, 3.63) is 46.0 Å². The van der Waals surface area contributed by atoms with Crippen LogP contribution in [-0.4, -0.2) is 50.5 Å². The second-order valence-corrected chi connectivity index (χ2v) is 6.14. The first-order valence-electron chi connectivity index (χ1n) is 7.65. The minimum absolute atomic E-state index is 0.0583. The molecule has 0 radical (unpaired) electrons. The van der Waals surface area contributed by atoms with E-state index in [1.54, 1.807) is 0 Å². The highest BCUT2D eigenvalue weighted by molar-refractivity contribution is 6.05. The number of H-pyrrole nitrogens is 1. The van der Waals surface area contributed by atoms with Crippen molar-refractivity contribution in [3.8, 4) is 0 Å². The van der Waals surface area contributed by atoms with Crippen molar-refractivity contribution in [3.63, 3.8) is 0 Å². The monoisotopic (exact) mass is 334 g/mol. The van der Waals surface area contributed by atoms with Crippen molar-refractivity contribution in [2.75, 3.05) is 0 Å². The van der Waals surface area contributed by atoms with Crippen molar-refractivity contribution in [1.82, 2.24) is 10.0 Å². The van der Waals surface area contributed by atoms with Crippen LogP contribution < -0.4 is 5.56 Å². The van der Waals surface area contributed by atoms with Gasteiger partial charge in [-0.05, 0) is 31.0 Å². The van der Waals surface area contributed by atoms with E-state index in [2.05, 4.69) is 4.98 Å². The highest BCUT2D eigenvalue weighted by Crippen LogP contribution is 2.35. The molecular formula is C16H15FN2O5. The van der Waals surface area contributed by atoms with Gasteiger partial charge < -0.3 is 15.2 Å². The van der Waals surface area contributed by atoms with Gasteiger partial charge in [0.05, 0.1) is 17.1 Å². The first-order valence-corrected chi connectivity index (χ1v) is 7.65. The van der Waals surface area contributed by atoms with Gasteiger partial charge in [0.2, 0.25) is 5.56 Å². The Balaban J connectivity index is 1.78. The predicted octanol–water partition coefficient (Wildman–Crippen LogP) is 0.307. The van der Waals surface area contributed by atoms with Crippen molar-refractivity contribution >= 4 is 16.8 Å². The summed E-state index contributed by atoms with van der Waals surface area (Å²) in [6, 6.07) is 4.17. The Morgan fingerprint density at radius 1 is 1.25 bits per heavy atom. The molecule has 3 aliphatic rings.